The van der Waals surface area contributed by atoms with Gasteiger partial charge in [-0.3, -0.25) is 10.1 Å². The first-order valence-corrected chi connectivity index (χ1v) is 10.1. The van der Waals surface area contributed by atoms with Crippen molar-refractivity contribution in [1.82, 2.24) is 0 Å². The number of rotatable bonds is 9. The first-order valence-electron chi connectivity index (χ1n) is 10.1. The molecule has 174 valence electrons. The van der Waals surface area contributed by atoms with Gasteiger partial charge in [-0.25, -0.2) is 4.79 Å². The van der Waals surface area contributed by atoms with Gasteiger partial charge in [0.2, 0.25) is 0 Å². The van der Waals surface area contributed by atoms with Crippen LogP contribution in [0.3, 0.4) is 0 Å². The van der Waals surface area contributed by atoms with Gasteiger partial charge in [0.05, 0.1) is 4.92 Å². The van der Waals surface area contributed by atoms with E-state index in [4.69, 9.17) is 20.1 Å². The first-order chi connectivity index (χ1) is 15.2. The molecule has 0 aromatic heterocycles. The molecule has 1 aliphatic rings. The van der Waals surface area contributed by atoms with Crippen molar-refractivity contribution in [3.05, 3.63) is 34.4 Å². The van der Waals surface area contributed by atoms with Crippen LogP contribution in [0.4, 0.5) is 10.5 Å². The van der Waals surface area contributed by atoms with E-state index in [-0.39, 0.29) is 24.0 Å². The molecule has 1 fully saturated rings. The van der Waals surface area contributed by atoms with Gasteiger partial charge in [-0.1, -0.05) is 0 Å². The second-order valence-corrected chi connectivity index (χ2v) is 7.25. The Bertz CT molecular complexity index is 800. The number of carbonyl (C=O) groups is 1. The number of nitro benzene ring substituents is 1. The van der Waals surface area contributed by atoms with Crippen molar-refractivity contribution >= 4 is 24.4 Å². The minimum Gasteiger partial charge on any atom is -0.449 e. The molecular weight excluding hydrogens is 423 g/mol. The molecule has 1 saturated carbocycles. The van der Waals surface area contributed by atoms with Gasteiger partial charge in [0.15, 0.2) is 0 Å². The number of nitro groups is 1. The zero-order valence-electron chi connectivity index (χ0n) is 18.1. The molecule has 0 amide bonds. The van der Waals surface area contributed by atoms with Crippen LogP contribution in [0.15, 0.2) is 24.3 Å². The van der Waals surface area contributed by atoms with Gasteiger partial charge in [0.1, 0.15) is 5.75 Å². The van der Waals surface area contributed by atoms with Crippen molar-refractivity contribution in [2.45, 2.75) is 70.7 Å². The number of hydrogen-bond donors (Lipinski definition) is 2. The van der Waals surface area contributed by atoms with Crippen LogP contribution in [-0.4, -0.2) is 45.8 Å². The third-order valence-electron chi connectivity index (χ3n) is 4.46. The number of benzene rings is 1. The van der Waals surface area contributed by atoms with E-state index in [9.17, 15) is 20.0 Å². The zero-order chi connectivity index (χ0) is 24.0. The smallest absolute Gasteiger partial charge is 0.449 e. The van der Waals surface area contributed by atoms with E-state index in [0.29, 0.717) is 6.42 Å². The Hall–Kier alpha value is -3.01. The van der Waals surface area contributed by atoms with E-state index in [1.807, 2.05) is 6.92 Å². The normalized spacial score (nSPS) is 15.8. The Balaban J connectivity index is 0.000000343. The summed E-state index contributed by atoms with van der Waals surface area (Å²) in [7, 11) is 1.35. The molecule has 1 unspecified atom stereocenters. The number of ether oxygens (including phenoxy) is 1. The second-order valence-electron chi connectivity index (χ2n) is 7.25. The number of nitriles is 1. The van der Waals surface area contributed by atoms with Crippen molar-refractivity contribution in [2.75, 3.05) is 0 Å². The SMILES string of the molecule is CCC(=BOC#N)CC(C)(O)OOC1CCCCC1.O=C(O)Oc1ccc([N+](=O)[O-])cc1. The molecule has 0 heterocycles. The third kappa shape index (κ3) is 11.4. The van der Waals surface area contributed by atoms with Gasteiger partial charge in [0.25, 0.3) is 5.69 Å². The van der Waals surface area contributed by atoms with Crippen LogP contribution < -0.4 is 4.74 Å². The fraction of sp³-hybridized carbons (Fsp3) is 0.550. The van der Waals surface area contributed by atoms with Crippen LogP contribution in [0.5, 0.6) is 5.75 Å². The van der Waals surface area contributed by atoms with E-state index in [0.717, 1.165) is 43.3 Å². The van der Waals surface area contributed by atoms with Crippen LogP contribution >= 0.6 is 0 Å². The quantitative estimate of drug-likeness (QED) is 0.0829. The Morgan fingerprint density at radius 2 is 1.94 bits per heavy atom. The van der Waals surface area contributed by atoms with Crippen LogP contribution in [0.1, 0.15) is 58.8 Å². The molecule has 1 atom stereocenters. The molecule has 0 bridgehead atoms. The van der Waals surface area contributed by atoms with Gasteiger partial charge >= 0.3 is 120 Å². The largest absolute Gasteiger partial charge is 0.511 e. The molecule has 2 N–H and O–H groups in total. The van der Waals surface area contributed by atoms with Crippen molar-refractivity contribution in [3.8, 4) is 12.0 Å². The zero-order valence-corrected chi connectivity index (χ0v) is 18.1. The van der Waals surface area contributed by atoms with Gasteiger partial charge < -0.3 is 9.84 Å². The number of hydrogen-bond acceptors (Lipinski definition) is 9. The molecule has 32 heavy (non-hydrogen) atoms. The molecule has 1 aliphatic carbocycles. The first kappa shape index (κ1) is 27.0. The Morgan fingerprint density at radius 3 is 2.44 bits per heavy atom. The van der Waals surface area contributed by atoms with E-state index >= 15 is 0 Å². The maximum atomic E-state index is 10.2. The van der Waals surface area contributed by atoms with Crippen molar-refractivity contribution in [1.29, 1.82) is 5.26 Å². The summed E-state index contributed by atoms with van der Waals surface area (Å²) in [5.74, 6) is -1.35. The molecule has 11 nitrogen and oxygen atoms in total. The van der Waals surface area contributed by atoms with Crippen LogP contribution in [0.25, 0.3) is 0 Å². The number of non-ortho nitro benzene ring substituents is 1. The number of aliphatic hydroxyl groups is 1. The van der Waals surface area contributed by atoms with Gasteiger partial charge in [-0.15, -0.1) is 0 Å². The summed E-state index contributed by atoms with van der Waals surface area (Å²) in [6.45, 7) is 3.47. The second kappa shape index (κ2) is 14.1. The van der Waals surface area contributed by atoms with Crippen molar-refractivity contribution in [2.24, 2.45) is 0 Å². The minimum absolute atomic E-state index is 0.0538. The molecule has 1 aromatic carbocycles. The van der Waals surface area contributed by atoms with E-state index in [2.05, 4.69) is 9.39 Å². The summed E-state index contributed by atoms with van der Waals surface area (Å²) < 4.78 is 8.81. The predicted octanol–water partition coefficient (Wildman–Crippen LogP) is 3.72. The maximum absolute atomic E-state index is 10.2. The van der Waals surface area contributed by atoms with Crippen molar-refractivity contribution in [3.63, 3.8) is 0 Å². The van der Waals surface area contributed by atoms with E-state index in [1.54, 1.807) is 13.2 Å². The fourth-order valence-corrected chi connectivity index (χ4v) is 2.88. The van der Waals surface area contributed by atoms with Crippen LogP contribution in [-0.2, 0) is 14.4 Å². The van der Waals surface area contributed by atoms with Crippen LogP contribution in [0.2, 0.25) is 0 Å². The van der Waals surface area contributed by atoms with Gasteiger partial charge in [-0.05, 0) is 12.1 Å². The van der Waals surface area contributed by atoms with E-state index < -0.39 is 16.9 Å². The Morgan fingerprint density at radius 1 is 1.31 bits per heavy atom. The topological polar surface area (TPSA) is 161 Å². The van der Waals surface area contributed by atoms with Gasteiger partial charge in [-0.2, -0.15) is 0 Å². The average molecular weight is 450 g/mol. The molecule has 1 aromatic rings. The van der Waals surface area contributed by atoms with Gasteiger partial charge in [0, 0.05) is 12.1 Å². The number of carboxylic acid groups (broad SMARTS) is 1. The summed E-state index contributed by atoms with van der Waals surface area (Å²) in [5, 5.41) is 36.8. The molecule has 0 saturated heterocycles. The minimum atomic E-state index is -1.45. The standard InChI is InChI=1S/C13H22BNO4.C7H5NO5/c1-3-11(14-17-10-15)9-13(2,16)19-18-12-7-5-4-6-8-12;9-7(10)13-6-3-1-5(2-4-6)8(11)12/h12,16H,3-9H2,1-2H3;1-4H,(H,9,10). The summed E-state index contributed by atoms with van der Waals surface area (Å²) in [6, 6.07) is 4.76. The summed E-state index contributed by atoms with van der Waals surface area (Å²) in [4.78, 5) is 30.1. The van der Waals surface area contributed by atoms with E-state index in [1.165, 1.54) is 25.7 Å². The summed E-state index contributed by atoms with van der Waals surface area (Å²) in [6.07, 6.45) is 6.60. The number of nitrogens with zero attached hydrogens (tertiary/aromatic N) is 2. The Kier molecular flexibility index (Phi) is 11.9. The molecule has 0 aliphatic heterocycles. The maximum Gasteiger partial charge on any atom is 0.511 e. The van der Waals surface area contributed by atoms with Crippen molar-refractivity contribution < 1.29 is 39.1 Å². The molecular formula is C20H27BN2O9. The van der Waals surface area contributed by atoms with Crippen LogP contribution in [0, 0.1) is 21.6 Å². The Labute approximate surface area is 186 Å². The molecule has 2 rings (SSSR count). The molecule has 0 radical (unpaired) electrons. The predicted molar refractivity (Wildman–Crippen MR) is 114 cm³/mol. The monoisotopic (exact) mass is 450 g/mol. The average Bonchev–Trinajstić information content (AvgIpc) is 2.76. The summed E-state index contributed by atoms with van der Waals surface area (Å²) in [5.41, 5.74) is 0.677. The summed E-state index contributed by atoms with van der Waals surface area (Å²) >= 11 is 0. The molecule has 12 heteroatoms. The molecule has 0 spiro atoms. The third-order valence-corrected chi connectivity index (χ3v) is 4.46. The fourth-order valence-electron chi connectivity index (χ4n) is 2.88.